The molecule has 0 aliphatic heterocycles. The molecule has 1 heterocycles. The number of carbonyl (C=O) groups excluding carboxylic acids is 1. The number of rotatable bonds is 5. The van der Waals surface area contributed by atoms with Gasteiger partial charge in [0.25, 0.3) is 0 Å². The minimum Gasteiger partial charge on any atom is -1.00 e. The SMILES string of the molecule is CCOC(=O)c1cnc2c(C)c(Cl)ccc2c1[NH+](C)Cc1ccccc1.[Cl-]. The third-order valence-electron chi connectivity index (χ3n) is 4.46. The normalized spacial score (nSPS) is 11.7. The maximum atomic E-state index is 12.5. The number of hydrogen-bond donors (Lipinski definition) is 1. The van der Waals surface area contributed by atoms with E-state index in [4.69, 9.17) is 16.3 Å². The van der Waals surface area contributed by atoms with E-state index in [-0.39, 0.29) is 18.4 Å². The first kappa shape index (κ1) is 21.2. The number of fused-ring (bicyclic) bond motifs is 1. The molecule has 1 atom stereocenters. The summed E-state index contributed by atoms with van der Waals surface area (Å²) in [6.45, 7) is 4.82. The molecule has 6 heteroatoms. The van der Waals surface area contributed by atoms with E-state index in [0.717, 1.165) is 33.6 Å². The number of ether oxygens (including phenoxy) is 1. The summed E-state index contributed by atoms with van der Waals surface area (Å²) in [5, 5.41) is 1.59. The van der Waals surface area contributed by atoms with Crippen LogP contribution >= 0.6 is 11.6 Å². The Labute approximate surface area is 170 Å². The number of halogens is 2. The molecule has 0 aliphatic rings. The summed E-state index contributed by atoms with van der Waals surface area (Å²) in [5.41, 5.74) is 4.29. The Balaban J connectivity index is 0.00000261. The highest BCUT2D eigenvalue weighted by Gasteiger charge is 2.24. The second kappa shape index (κ2) is 9.18. The average molecular weight is 405 g/mol. The molecule has 0 bridgehead atoms. The van der Waals surface area contributed by atoms with Crippen LogP contribution in [-0.4, -0.2) is 24.6 Å². The van der Waals surface area contributed by atoms with Crippen LogP contribution in [0, 0.1) is 6.92 Å². The first-order chi connectivity index (χ1) is 12.5. The van der Waals surface area contributed by atoms with E-state index >= 15 is 0 Å². The zero-order chi connectivity index (χ0) is 18.7. The maximum Gasteiger partial charge on any atom is 0.345 e. The fourth-order valence-corrected chi connectivity index (χ4v) is 3.35. The van der Waals surface area contributed by atoms with Crippen molar-refractivity contribution >= 4 is 34.2 Å². The fraction of sp³-hybridized carbons (Fsp3) is 0.238. The molecule has 4 nitrogen and oxygen atoms in total. The molecule has 3 aromatic rings. The summed E-state index contributed by atoms with van der Waals surface area (Å²) in [5.74, 6) is -0.350. The second-order valence-corrected chi connectivity index (χ2v) is 6.69. The Kier molecular flexibility index (Phi) is 7.19. The molecular formula is C21H22Cl2N2O2. The van der Waals surface area contributed by atoms with E-state index in [1.807, 2.05) is 37.3 Å². The van der Waals surface area contributed by atoms with Crippen LogP contribution in [0.2, 0.25) is 5.02 Å². The highest BCUT2D eigenvalue weighted by atomic mass is 35.5. The van der Waals surface area contributed by atoms with Crippen molar-refractivity contribution in [2.75, 3.05) is 13.7 Å². The molecule has 142 valence electrons. The Morgan fingerprint density at radius 2 is 1.89 bits per heavy atom. The number of esters is 1. The predicted octanol–water partition coefficient (Wildman–Crippen LogP) is 0.724. The average Bonchev–Trinajstić information content (AvgIpc) is 2.64. The van der Waals surface area contributed by atoms with Crippen LogP contribution in [0.15, 0.2) is 48.7 Å². The Morgan fingerprint density at radius 3 is 2.56 bits per heavy atom. The van der Waals surface area contributed by atoms with Gasteiger partial charge in [-0.2, -0.15) is 0 Å². The highest BCUT2D eigenvalue weighted by molar-refractivity contribution is 6.32. The molecule has 2 aromatic carbocycles. The number of aromatic nitrogens is 1. The number of nitrogens with one attached hydrogen (secondary N) is 1. The van der Waals surface area contributed by atoms with E-state index < -0.39 is 0 Å². The van der Waals surface area contributed by atoms with Crippen molar-refractivity contribution in [2.24, 2.45) is 0 Å². The molecule has 27 heavy (non-hydrogen) atoms. The van der Waals surface area contributed by atoms with E-state index in [1.54, 1.807) is 13.1 Å². The lowest BCUT2D eigenvalue weighted by molar-refractivity contribution is -0.824. The van der Waals surface area contributed by atoms with Gasteiger partial charge in [-0.05, 0) is 31.5 Å². The van der Waals surface area contributed by atoms with Crippen LogP contribution in [-0.2, 0) is 11.3 Å². The van der Waals surface area contributed by atoms with Crippen molar-refractivity contribution in [1.82, 2.24) is 4.98 Å². The molecule has 0 spiro atoms. The van der Waals surface area contributed by atoms with Crippen molar-refractivity contribution in [1.29, 1.82) is 0 Å². The van der Waals surface area contributed by atoms with E-state index in [2.05, 4.69) is 24.2 Å². The largest absolute Gasteiger partial charge is 1.00 e. The quantitative estimate of drug-likeness (QED) is 0.637. The Bertz CT molecular complexity index is 946. The van der Waals surface area contributed by atoms with Crippen molar-refractivity contribution in [2.45, 2.75) is 20.4 Å². The fourth-order valence-electron chi connectivity index (χ4n) is 3.20. The highest BCUT2D eigenvalue weighted by Crippen LogP contribution is 2.29. The first-order valence-electron chi connectivity index (χ1n) is 8.64. The predicted molar refractivity (Wildman–Crippen MR) is 104 cm³/mol. The van der Waals surface area contributed by atoms with Gasteiger partial charge in [-0.25, -0.2) is 4.79 Å². The van der Waals surface area contributed by atoms with Gasteiger partial charge in [0.05, 0.1) is 24.6 Å². The molecule has 1 unspecified atom stereocenters. The number of pyridine rings is 1. The van der Waals surface area contributed by atoms with Crippen molar-refractivity contribution in [3.63, 3.8) is 0 Å². The summed E-state index contributed by atoms with van der Waals surface area (Å²) >= 11 is 6.26. The molecule has 1 aromatic heterocycles. The zero-order valence-electron chi connectivity index (χ0n) is 15.6. The summed E-state index contributed by atoms with van der Waals surface area (Å²) in [6.07, 6.45) is 1.60. The van der Waals surface area contributed by atoms with E-state index in [1.165, 1.54) is 5.56 Å². The maximum absolute atomic E-state index is 12.5. The molecule has 0 saturated heterocycles. The lowest BCUT2D eigenvalue weighted by Gasteiger charge is -2.19. The summed E-state index contributed by atoms with van der Waals surface area (Å²) in [4.78, 5) is 18.1. The van der Waals surface area contributed by atoms with Gasteiger partial charge in [-0.1, -0.05) is 41.9 Å². The molecule has 0 amide bonds. The number of quaternary nitrogens is 1. The third kappa shape index (κ3) is 4.41. The van der Waals surface area contributed by atoms with Gasteiger partial charge >= 0.3 is 5.97 Å². The minimum atomic E-state index is -0.350. The molecular weight excluding hydrogens is 383 g/mol. The molecule has 0 radical (unpaired) electrons. The van der Waals surface area contributed by atoms with Gasteiger partial charge < -0.3 is 17.1 Å². The number of aryl methyl sites for hydroxylation is 1. The van der Waals surface area contributed by atoms with Gasteiger partial charge in [0.15, 0.2) is 5.69 Å². The van der Waals surface area contributed by atoms with Gasteiger partial charge in [-0.3, -0.25) is 9.88 Å². The van der Waals surface area contributed by atoms with Gasteiger partial charge in [0.2, 0.25) is 0 Å². The summed E-state index contributed by atoms with van der Waals surface area (Å²) in [6, 6.07) is 14.0. The van der Waals surface area contributed by atoms with Gasteiger partial charge in [0, 0.05) is 16.8 Å². The summed E-state index contributed by atoms with van der Waals surface area (Å²) < 4.78 is 5.25. The van der Waals surface area contributed by atoms with Crippen LogP contribution in [0.3, 0.4) is 0 Å². The van der Waals surface area contributed by atoms with Crippen molar-refractivity contribution < 1.29 is 26.8 Å². The lowest BCUT2D eigenvalue weighted by atomic mass is 10.0. The molecule has 0 fully saturated rings. The number of nitrogens with zero attached hydrogens (tertiary/aromatic N) is 1. The van der Waals surface area contributed by atoms with Crippen LogP contribution < -0.4 is 17.3 Å². The molecule has 0 aliphatic carbocycles. The Morgan fingerprint density at radius 1 is 1.19 bits per heavy atom. The first-order valence-corrected chi connectivity index (χ1v) is 9.02. The van der Waals surface area contributed by atoms with E-state index in [0.29, 0.717) is 17.2 Å². The Hall–Kier alpha value is -2.14. The summed E-state index contributed by atoms with van der Waals surface area (Å²) in [7, 11) is 2.05. The molecule has 3 rings (SSSR count). The third-order valence-corrected chi connectivity index (χ3v) is 4.87. The van der Waals surface area contributed by atoms with Crippen LogP contribution in [0.25, 0.3) is 10.9 Å². The standard InChI is InChI=1S/C21H21ClN2O2.ClH/c1-4-26-21(25)17-12-23-19-14(2)18(22)11-10-16(19)20(17)24(3)13-15-8-6-5-7-9-15;/h5-12H,4,13H2,1-3H3;1H. The van der Waals surface area contributed by atoms with E-state index in [9.17, 15) is 4.79 Å². The lowest BCUT2D eigenvalue weighted by Crippen LogP contribution is -3.02. The van der Waals surface area contributed by atoms with Gasteiger partial charge in [0.1, 0.15) is 12.1 Å². The number of benzene rings is 2. The van der Waals surface area contributed by atoms with Crippen LogP contribution in [0.4, 0.5) is 5.69 Å². The zero-order valence-corrected chi connectivity index (χ0v) is 17.1. The number of hydrogen-bond acceptors (Lipinski definition) is 3. The molecule has 0 saturated carbocycles. The van der Waals surface area contributed by atoms with Gasteiger partial charge in [-0.15, -0.1) is 0 Å². The monoisotopic (exact) mass is 404 g/mol. The smallest absolute Gasteiger partial charge is 0.345 e. The molecule has 1 N–H and O–H groups in total. The second-order valence-electron chi connectivity index (χ2n) is 6.28. The minimum absolute atomic E-state index is 0. The van der Waals surface area contributed by atoms with Crippen LogP contribution in [0.1, 0.15) is 28.4 Å². The van der Waals surface area contributed by atoms with Crippen molar-refractivity contribution in [3.05, 3.63) is 70.4 Å². The van der Waals surface area contributed by atoms with Crippen LogP contribution in [0.5, 0.6) is 0 Å². The number of carbonyl (C=O) groups is 1. The topological polar surface area (TPSA) is 43.6 Å². The van der Waals surface area contributed by atoms with Crippen molar-refractivity contribution in [3.8, 4) is 0 Å².